The van der Waals surface area contributed by atoms with Gasteiger partial charge < -0.3 is 20.1 Å². The highest BCUT2D eigenvalue weighted by Gasteiger charge is 2.22. The van der Waals surface area contributed by atoms with Gasteiger partial charge in [0.15, 0.2) is 5.96 Å². The number of aliphatic imine (C=N–C) groups is 1. The molecule has 2 heterocycles. The van der Waals surface area contributed by atoms with Gasteiger partial charge in [0.25, 0.3) is 0 Å². The lowest BCUT2D eigenvalue weighted by molar-refractivity contribution is 0.0888. The first kappa shape index (κ1) is 22.4. The zero-order valence-electron chi connectivity index (χ0n) is 17.8. The van der Waals surface area contributed by atoms with E-state index in [0.717, 1.165) is 58.3 Å². The molecule has 0 spiro atoms. The standard InChI is InChI=1S/C21H42N4O2/c1-18(2)20(25-11-6-4-5-7-12-25)15-24-21(22-3)23-10-8-13-26-16-19-9-14-27-17-19/h18-20H,4-17H2,1-3H3,(H2,22,23,24). The lowest BCUT2D eigenvalue weighted by Crippen LogP contribution is -2.49. The Labute approximate surface area is 166 Å². The molecule has 2 aliphatic rings. The third-order valence-electron chi connectivity index (χ3n) is 5.72. The average Bonchev–Trinajstić information content (AvgIpc) is 3.04. The van der Waals surface area contributed by atoms with Crippen LogP contribution >= 0.6 is 0 Å². The van der Waals surface area contributed by atoms with Crippen LogP contribution in [0.3, 0.4) is 0 Å². The van der Waals surface area contributed by atoms with Crippen molar-refractivity contribution < 1.29 is 9.47 Å². The van der Waals surface area contributed by atoms with Crippen LogP contribution in [-0.2, 0) is 9.47 Å². The Morgan fingerprint density at radius 1 is 1.19 bits per heavy atom. The largest absolute Gasteiger partial charge is 0.381 e. The van der Waals surface area contributed by atoms with Crippen LogP contribution in [0, 0.1) is 11.8 Å². The van der Waals surface area contributed by atoms with Crippen LogP contribution in [0.15, 0.2) is 4.99 Å². The Bertz CT molecular complexity index is 403. The molecule has 2 atom stereocenters. The van der Waals surface area contributed by atoms with E-state index in [1.165, 1.54) is 38.8 Å². The molecule has 0 aromatic carbocycles. The summed E-state index contributed by atoms with van der Waals surface area (Å²) in [6.07, 6.45) is 7.57. The topological polar surface area (TPSA) is 58.1 Å². The molecule has 158 valence electrons. The van der Waals surface area contributed by atoms with Crippen molar-refractivity contribution >= 4 is 5.96 Å². The van der Waals surface area contributed by atoms with Gasteiger partial charge in [0.1, 0.15) is 0 Å². The number of ether oxygens (including phenoxy) is 2. The van der Waals surface area contributed by atoms with Gasteiger partial charge in [0.05, 0.1) is 13.2 Å². The molecule has 0 aromatic rings. The van der Waals surface area contributed by atoms with E-state index in [0.29, 0.717) is 17.9 Å². The normalized spacial score (nSPS) is 23.4. The molecule has 2 aliphatic heterocycles. The number of hydrogen-bond donors (Lipinski definition) is 2. The van der Waals surface area contributed by atoms with Gasteiger partial charge in [0, 0.05) is 45.3 Å². The minimum atomic E-state index is 0.568. The van der Waals surface area contributed by atoms with E-state index in [-0.39, 0.29) is 0 Å². The Kier molecular flexibility index (Phi) is 11.1. The van der Waals surface area contributed by atoms with Crippen molar-refractivity contribution in [1.82, 2.24) is 15.5 Å². The second-order valence-electron chi connectivity index (χ2n) is 8.30. The number of nitrogens with zero attached hydrogens (tertiary/aromatic N) is 2. The fourth-order valence-electron chi connectivity index (χ4n) is 3.98. The molecule has 0 bridgehead atoms. The predicted molar refractivity (Wildman–Crippen MR) is 112 cm³/mol. The molecule has 6 heteroatoms. The second kappa shape index (κ2) is 13.3. The zero-order valence-corrected chi connectivity index (χ0v) is 17.8. The van der Waals surface area contributed by atoms with Crippen LogP contribution in [0.5, 0.6) is 0 Å². The molecular formula is C21H42N4O2. The Balaban J connectivity index is 1.60. The summed E-state index contributed by atoms with van der Waals surface area (Å²) < 4.78 is 11.1. The predicted octanol–water partition coefficient (Wildman–Crippen LogP) is 2.50. The summed E-state index contributed by atoms with van der Waals surface area (Å²) in [7, 11) is 1.85. The van der Waals surface area contributed by atoms with E-state index in [1.807, 2.05) is 7.05 Å². The minimum absolute atomic E-state index is 0.568. The van der Waals surface area contributed by atoms with Crippen molar-refractivity contribution in [2.75, 3.05) is 59.7 Å². The molecular weight excluding hydrogens is 340 g/mol. The molecule has 2 saturated heterocycles. The molecule has 0 radical (unpaired) electrons. The van der Waals surface area contributed by atoms with Crippen LogP contribution in [0.4, 0.5) is 0 Å². The third kappa shape index (κ3) is 8.79. The monoisotopic (exact) mass is 382 g/mol. The molecule has 0 amide bonds. The average molecular weight is 383 g/mol. The van der Waals surface area contributed by atoms with Crippen LogP contribution in [0.25, 0.3) is 0 Å². The van der Waals surface area contributed by atoms with Gasteiger partial charge in [-0.2, -0.15) is 0 Å². The summed E-state index contributed by atoms with van der Waals surface area (Å²) in [6.45, 7) is 12.4. The van der Waals surface area contributed by atoms with Crippen molar-refractivity contribution in [2.45, 2.75) is 58.4 Å². The van der Waals surface area contributed by atoms with E-state index >= 15 is 0 Å². The summed E-state index contributed by atoms with van der Waals surface area (Å²) >= 11 is 0. The summed E-state index contributed by atoms with van der Waals surface area (Å²) in [5.74, 6) is 2.14. The Morgan fingerprint density at radius 3 is 2.59 bits per heavy atom. The maximum atomic E-state index is 5.77. The Morgan fingerprint density at radius 2 is 1.96 bits per heavy atom. The number of likely N-dealkylation sites (tertiary alicyclic amines) is 1. The van der Waals surface area contributed by atoms with Crippen LogP contribution in [0.2, 0.25) is 0 Å². The summed E-state index contributed by atoms with van der Waals surface area (Å²) in [5, 5.41) is 6.97. The van der Waals surface area contributed by atoms with Crippen LogP contribution in [-0.4, -0.2) is 76.6 Å². The number of guanidine groups is 1. The molecule has 2 fully saturated rings. The van der Waals surface area contributed by atoms with E-state index < -0.39 is 0 Å². The smallest absolute Gasteiger partial charge is 0.191 e. The fourth-order valence-corrected chi connectivity index (χ4v) is 3.98. The van der Waals surface area contributed by atoms with Crippen molar-refractivity contribution in [3.63, 3.8) is 0 Å². The first-order valence-corrected chi connectivity index (χ1v) is 11.0. The maximum absolute atomic E-state index is 5.77. The molecule has 6 nitrogen and oxygen atoms in total. The highest BCUT2D eigenvalue weighted by atomic mass is 16.5. The van der Waals surface area contributed by atoms with E-state index in [4.69, 9.17) is 9.47 Å². The van der Waals surface area contributed by atoms with Gasteiger partial charge in [-0.05, 0) is 44.7 Å². The van der Waals surface area contributed by atoms with Crippen LogP contribution in [0.1, 0.15) is 52.4 Å². The highest BCUT2D eigenvalue weighted by molar-refractivity contribution is 5.79. The van der Waals surface area contributed by atoms with Gasteiger partial charge >= 0.3 is 0 Å². The lowest BCUT2D eigenvalue weighted by Gasteiger charge is -2.34. The van der Waals surface area contributed by atoms with Crippen molar-refractivity contribution in [3.05, 3.63) is 0 Å². The highest BCUT2D eigenvalue weighted by Crippen LogP contribution is 2.17. The van der Waals surface area contributed by atoms with E-state index in [2.05, 4.69) is 34.4 Å². The van der Waals surface area contributed by atoms with E-state index in [1.54, 1.807) is 0 Å². The quantitative estimate of drug-likeness (QED) is 0.345. The van der Waals surface area contributed by atoms with Gasteiger partial charge in [0.2, 0.25) is 0 Å². The zero-order chi connectivity index (χ0) is 19.3. The first-order chi connectivity index (χ1) is 13.2. The van der Waals surface area contributed by atoms with E-state index in [9.17, 15) is 0 Å². The lowest BCUT2D eigenvalue weighted by atomic mass is 10.0. The van der Waals surface area contributed by atoms with Crippen LogP contribution < -0.4 is 10.6 Å². The molecule has 2 N–H and O–H groups in total. The molecule has 0 saturated carbocycles. The molecule has 2 rings (SSSR count). The maximum Gasteiger partial charge on any atom is 0.191 e. The second-order valence-corrected chi connectivity index (χ2v) is 8.30. The van der Waals surface area contributed by atoms with Gasteiger partial charge in [-0.25, -0.2) is 0 Å². The van der Waals surface area contributed by atoms with Crippen molar-refractivity contribution in [3.8, 4) is 0 Å². The molecule has 2 unspecified atom stereocenters. The summed E-state index contributed by atoms with van der Waals surface area (Å²) in [4.78, 5) is 7.06. The minimum Gasteiger partial charge on any atom is -0.381 e. The SMILES string of the molecule is CN=C(NCCCOCC1CCOC1)NCC(C(C)C)N1CCCCCC1. The number of rotatable bonds is 10. The molecule has 27 heavy (non-hydrogen) atoms. The first-order valence-electron chi connectivity index (χ1n) is 11.0. The third-order valence-corrected chi connectivity index (χ3v) is 5.72. The summed E-state index contributed by atoms with van der Waals surface area (Å²) in [5.41, 5.74) is 0. The number of nitrogens with one attached hydrogen (secondary N) is 2. The Hall–Kier alpha value is -0.850. The summed E-state index contributed by atoms with van der Waals surface area (Å²) in [6, 6.07) is 0.568. The molecule has 0 aliphatic carbocycles. The van der Waals surface area contributed by atoms with Gasteiger partial charge in [-0.3, -0.25) is 9.89 Å². The molecule has 0 aromatic heterocycles. The van der Waals surface area contributed by atoms with Gasteiger partial charge in [-0.1, -0.05) is 26.7 Å². The van der Waals surface area contributed by atoms with Crippen molar-refractivity contribution in [1.29, 1.82) is 0 Å². The van der Waals surface area contributed by atoms with Gasteiger partial charge in [-0.15, -0.1) is 0 Å². The number of hydrogen-bond acceptors (Lipinski definition) is 4. The fraction of sp³-hybridized carbons (Fsp3) is 0.952. The van der Waals surface area contributed by atoms with Crippen molar-refractivity contribution in [2.24, 2.45) is 16.8 Å².